The number of aromatic nitrogens is 2. The van der Waals surface area contributed by atoms with E-state index in [4.69, 9.17) is 4.74 Å². The third-order valence-corrected chi connectivity index (χ3v) is 8.28. The van der Waals surface area contributed by atoms with Crippen LogP contribution in [0.1, 0.15) is 48.5 Å². The lowest BCUT2D eigenvalue weighted by atomic mass is 9.94. The number of anilines is 1. The van der Waals surface area contributed by atoms with Gasteiger partial charge in [-0.2, -0.15) is 0 Å². The molecule has 0 radical (unpaired) electrons. The van der Waals surface area contributed by atoms with Gasteiger partial charge in [0.25, 0.3) is 11.5 Å². The minimum Gasteiger partial charge on any atom is -0.497 e. The fourth-order valence-corrected chi connectivity index (χ4v) is 6.22. The Kier molecular flexibility index (Phi) is 6.14. The highest BCUT2D eigenvalue weighted by Gasteiger charge is 2.29. The summed E-state index contributed by atoms with van der Waals surface area (Å²) >= 11 is 0. The smallest absolute Gasteiger partial charge is 0.275 e. The topological polar surface area (TPSA) is 59.7 Å². The number of aryl methyl sites for hydroxylation is 1. The molecular weight excluding hydrogens is 464 g/mol. The SMILES string of the molecule is COc1ccc(N2CCN(C(=O)c3cn(C4CCCCC4)c(=O)c4c3c3ccccc3n4C)CC2)cc1. The Morgan fingerprint density at radius 3 is 2.32 bits per heavy atom. The third kappa shape index (κ3) is 4.06. The van der Waals surface area contributed by atoms with E-state index in [1.807, 2.05) is 63.7 Å². The second-order valence-electron chi connectivity index (χ2n) is 10.3. The van der Waals surface area contributed by atoms with Crippen LogP contribution >= 0.6 is 0 Å². The van der Waals surface area contributed by atoms with E-state index in [9.17, 15) is 9.59 Å². The third-order valence-electron chi connectivity index (χ3n) is 8.28. The van der Waals surface area contributed by atoms with E-state index in [1.165, 1.54) is 6.42 Å². The van der Waals surface area contributed by atoms with E-state index in [0.717, 1.165) is 66.5 Å². The number of pyridine rings is 1. The molecule has 0 bridgehead atoms. The molecule has 0 spiro atoms. The van der Waals surface area contributed by atoms with Gasteiger partial charge in [0.1, 0.15) is 11.3 Å². The van der Waals surface area contributed by atoms with Gasteiger partial charge in [0, 0.05) is 67.4 Å². The zero-order valence-electron chi connectivity index (χ0n) is 21.7. The molecule has 1 aliphatic heterocycles. The summed E-state index contributed by atoms with van der Waals surface area (Å²) in [7, 11) is 3.61. The van der Waals surface area contributed by atoms with Crippen molar-refractivity contribution in [3.63, 3.8) is 0 Å². The van der Waals surface area contributed by atoms with Crippen LogP contribution in [0.4, 0.5) is 5.69 Å². The molecule has 6 rings (SSSR count). The predicted octanol–water partition coefficient (Wildman–Crippen LogP) is 4.97. The lowest BCUT2D eigenvalue weighted by Gasteiger charge is -2.36. The van der Waals surface area contributed by atoms with Crippen LogP contribution in [0.2, 0.25) is 0 Å². The Bertz CT molecular complexity index is 1500. The molecule has 0 N–H and O–H groups in total. The number of benzene rings is 2. The average molecular weight is 499 g/mol. The first-order valence-corrected chi connectivity index (χ1v) is 13.4. The largest absolute Gasteiger partial charge is 0.497 e. The zero-order chi connectivity index (χ0) is 25.5. The van der Waals surface area contributed by atoms with Gasteiger partial charge in [-0.25, -0.2) is 0 Å². The maximum absolute atomic E-state index is 14.1. The van der Waals surface area contributed by atoms with Crippen LogP contribution in [0, 0.1) is 0 Å². The van der Waals surface area contributed by atoms with Gasteiger partial charge in [0.2, 0.25) is 0 Å². The van der Waals surface area contributed by atoms with E-state index in [2.05, 4.69) is 17.0 Å². The van der Waals surface area contributed by atoms with Crippen LogP contribution in [0.15, 0.2) is 59.5 Å². The number of carbonyl (C=O) groups excluding carboxylic acids is 1. The average Bonchev–Trinajstić information content (AvgIpc) is 3.26. The van der Waals surface area contributed by atoms with Crippen molar-refractivity contribution in [1.29, 1.82) is 0 Å². The van der Waals surface area contributed by atoms with Crippen molar-refractivity contribution in [1.82, 2.24) is 14.0 Å². The molecule has 7 heteroatoms. The van der Waals surface area contributed by atoms with Crippen LogP contribution in [0.3, 0.4) is 0 Å². The first-order chi connectivity index (χ1) is 18.1. The first-order valence-electron chi connectivity index (χ1n) is 13.4. The summed E-state index contributed by atoms with van der Waals surface area (Å²) in [5.41, 5.74) is 3.41. The van der Waals surface area contributed by atoms with Gasteiger partial charge in [0.15, 0.2) is 0 Å². The molecule has 2 aromatic heterocycles. The Labute approximate surface area is 216 Å². The maximum atomic E-state index is 14.1. The number of nitrogens with zero attached hydrogens (tertiary/aromatic N) is 4. The fraction of sp³-hybridized carbons (Fsp3) is 0.400. The van der Waals surface area contributed by atoms with Gasteiger partial charge in [-0.15, -0.1) is 0 Å². The molecule has 1 aliphatic carbocycles. The number of methoxy groups -OCH3 is 1. The molecular formula is C30H34N4O3. The molecule has 4 aromatic rings. The van der Waals surface area contributed by atoms with Crippen LogP contribution in [0.25, 0.3) is 21.8 Å². The van der Waals surface area contributed by atoms with E-state index >= 15 is 0 Å². The van der Waals surface area contributed by atoms with E-state index < -0.39 is 0 Å². The molecule has 37 heavy (non-hydrogen) atoms. The summed E-state index contributed by atoms with van der Waals surface area (Å²) < 4.78 is 9.14. The normalized spacial score (nSPS) is 17.0. The summed E-state index contributed by atoms with van der Waals surface area (Å²) in [6.07, 6.45) is 7.33. The molecule has 2 aromatic carbocycles. The van der Waals surface area contributed by atoms with Crippen molar-refractivity contribution < 1.29 is 9.53 Å². The fourth-order valence-electron chi connectivity index (χ4n) is 6.22. The van der Waals surface area contributed by atoms with Crippen LogP contribution in [-0.2, 0) is 7.05 Å². The highest BCUT2D eigenvalue weighted by molar-refractivity contribution is 6.17. The molecule has 3 heterocycles. The van der Waals surface area contributed by atoms with Gasteiger partial charge < -0.3 is 23.7 Å². The van der Waals surface area contributed by atoms with E-state index in [1.54, 1.807) is 7.11 Å². The van der Waals surface area contributed by atoms with Crippen LogP contribution < -0.4 is 15.2 Å². The van der Waals surface area contributed by atoms with Crippen LogP contribution in [-0.4, -0.2) is 53.2 Å². The van der Waals surface area contributed by atoms with Gasteiger partial charge in [-0.3, -0.25) is 9.59 Å². The number of amides is 1. The molecule has 7 nitrogen and oxygen atoms in total. The Balaban J connectivity index is 1.38. The monoisotopic (exact) mass is 498 g/mol. The second-order valence-corrected chi connectivity index (χ2v) is 10.3. The molecule has 0 atom stereocenters. The lowest BCUT2D eigenvalue weighted by molar-refractivity contribution is 0.0747. The van der Waals surface area contributed by atoms with Gasteiger partial charge >= 0.3 is 0 Å². The van der Waals surface area contributed by atoms with Crippen molar-refractivity contribution in [3.05, 3.63) is 70.6 Å². The predicted molar refractivity (Wildman–Crippen MR) is 148 cm³/mol. The standard InChI is InChI=1S/C30H34N4O3/c1-31-26-11-7-6-10-24(26)27-25(20-34(30(36)28(27)31)22-8-4-3-5-9-22)29(35)33-18-16-32(17-19-33)21-12-14-23(37-2)15-13-21/h6-7,10-15,20,22H,3-5,8-9,16-19H2,1-2H3. The molecule has 192 valence electrons. The number of hydrogen-bond acceptors (Lipinski definition) is 4. The van der Waals surface area contributed by atoms with Crippen molar-refractivity contribution in [2.45, 2.75) is 38.1 Å². The summed E-state index contributed by atoms with van der Waals surface area (Å²) in [4.78, 5) is 32.2. The summed E-state index contributed by atoms with van der Waals surface area (Å²) in [5, 5.41) is 1.76. The quantitative estimate of drug-likeness (QED) is 0.399. The highest BCUT2D eigenvalue weighted by atomic mass is 16.5. The minimum atomic E-state index is 0.0142. The molecule has 1 saturated carbocycles. The Morgan fingerprint density at radius 1 is 0.919 bits per heavy atom. The number of para-hydroxylation sites is 1. The summed E-state index contributed by atoms with van der Waals surface area (Å²) in [6, 6.07) is 16.3. The van der Waals surface area contributed by atoms with Gasteiger partial charge in [0.05, 0.1) is 12.7 Å². The van der Waals surface area contributed by atoms with Crippen LogP contribution in [0.5, 0.6) is 5.75 Å². The number of piperazine rings is 1. The summed E-state index contributed by atoms with van der Waals surface area (Å²) in [6.45, 7) is 2.80. The molecule has 1 amide bonds. The number of rotatable bonds is 4. The summed E-state index contributed by atoms with van der Waals surface area (Å²) in [5.74, 6) is 0.852. The molecule has 0 unspecified atom stereocenters. The van der Waals surface area contributed by atoms with Crippen molar-refractivity contribution in [3.8, 4) is 5.75 Å². The first kappa shape index (κ1) is 23.6. The number of fused-ring (bicyclic) bond motifs is 3. The van der Waals surface area contributed by atoms with Gasteiger partial charge in [-0.1, -0.05) is 37.5 Å². The van der Waals surface area contributed by atoms with Crippen molar-refractivity contribution >= 4 is 33.4 Å². The van der Waals surface area contributed by atoms with E-state index in [-0.39, 0.29) is 17.5 Å². The lowest BCUT2D eigenvalue weighted by Crippen LogP contribution is -2.49. The minimum absolute atomic E-state index is 0.0142. The molecule has 1 saturated heterocycles. The van der Waals surface area contributed by atoms with Crippen molar-refractivity contribution in [2.24, 2.45) is 7.05 Å². The maximum Gasteiger partial charge on any atom is 0.275 e. The molecule has 2 aliphatic rings. The molecule has 2 fully saturated rings. The Morgan fingerprint density at radius 2 is 1.62 bits per heavy atom. The zero-order valence-corrected chi connectivity index (χ0v) is 21.7. The van der Waals surface area contributed by atoms with Crippen molar-refractivity contribution in [2.75, 3.05) is 38.2 Å². The van der Waals surface area contributed by atoms with Gasteiger partial charge in [-0.05, 0) is 43.2 Å². The number of carbonyl (C=O) groups is 1. The van der Waals surface area contributed by atoms with E-state index in [0.29, 0.717) is 24.2 Å². The number of ether oxygens (including phenoxy) is 1. The highest BCUT2D eigenvalue weighted by Crippen LogP contribution is 2.33. The Hall–Kier alpha value is -3.74. The second kappa shape index (κ2) is 9.61. The number of hydrogen-bond donors (Lipinski definition) is 0.